The molecular weight excluding hydrogens is 266 g/mol. The summed E-state index contributed by atoms with van der Waals surface area (Å²) in [5.74, 6) is -0.0448. The second-order valence-electron chi connectivity index (χ2n) is 6.55. The first-order valence-electron chi connectivity index (χ1n) is 7.34. The van der Waals surface area contributed by atoms with E-state index >= 15 is 0 Å². The molecule has 0 aliphatic carbocycles. The molecule has 21 heavy (non-hydrogen) atoms. The lowest BCUT2D eigenvalue weighted by molar-refractivity contribution is -0.123. The van der Waals surface area contributed by atoms with Crippen LogP contribution in [0.1, 0.15) is 44.2 Å². The molecule has 1 saturated heterocycles. The number of likely N-dealkylation sites (tertiary alicyclic amines) is 1. The predicted molar refractivity (Wildman–Crippen MR) is 81.4 cm³/mol. The number of Topliss-reactive ketones (excluding diaryl/α,β-unsaturated/α-hetero) is 1. The van der Waals surface area contributed by atoms with E-state index in [1.807, 2.05) is 52.0 Å². The number of benzene rings is 1. The van der Waals surface area contributed by atoms with Crippen molar-refractivity contribution in [2.45, 2.75) is 45.6 Å². The molecule has 2 rings (SSSR count). The standard InChI is InChI=1S/C17H23NO3/c1-12-7-5-6-8-13(12)14-11-18(10-9-15(14)19)16(20)21-17(2,3)4/h5-8,14H,9-11H2,1-4H3. The third-order valence-electron chi connectivity index (χ3n) is 3.64. The number of nitrogens with zero attached hydrogens (tertiary/aromatic N) is 1. The maximum Gasteiger partial charge on any atom is 0.410 e. The van der Waals surface area contributed by atoms with Gasteiger partial charge in [0.1, 0.15) is 11.4 Å². The van der Waals surface area contributed by atoms with Crippen LogP contribution in [0.15, 0.2) is 24.3 Å². The lowest BCUT2D eigenvalue weighted by Gasteiger charge is -2.34. The first kappa shape index (κ1) is 15.5. The molecule has 1 aliphatic heterocycles. The molecule has 0 saturated carbocycles. The van der Waals surface area contributed by atoms with Gasteiger partial charge in [-0.05, 0) is 38.8 Å². The highest BCUT2D eigenvalue weighted by atomic mass is 16.6. The van der Waals surface area contributed by atoms with Crippen molar-refractivity contribution < 1.29 is 14.3 Å². The van der Waals surface area contributed by atoms with E-state index in [-0.39, 0.29) is 17.8 Å². The van der Waals surface area contributed by atoms with Crippen LogP contribution in [-0.2, 0) is 9.53 Å². The van der Waals surface area contributed by atoms with Gasteiger partial charge < -0.3 is 9.64 Å². The molecule has 1 aliphatic rings. The highest BCUT2D eigenvalue weighted by molar-refractivity contribution is 5.88. The summed E-state index contributed by atoms with van der Waals surface area (Å²) in [6.07, 6.45) is 0.0479. The molecule has 0 radical (unpaired) electrons. The summed E-state index contributed by atoms with van der Waals surface area (Å²) in [7, 11) is 0. The topological polar surface area (TPSA) is 46.6 Å². The molecule has 114 valence electrons. The van der Waals surface area contributed by atoms with E-state index in [4.69, 9.17) is 4.74 Å². The molecule has 1 aromatic carbocycles. The van der Waals surface area contributed by atoms with Gasteiger partial charge in [0.05, 0.1) is 5.92 Å². The number of piperidine rings is 1. The summed E-state index contributed by atoms with van der Waals surface area (Å²) < 4.78 is 5.40. The Morgan fingerprint density at radius 3 is 2.57 bits per heavy atom. The molecule has 0 bridgehead atoms. The van der Waals surface area contributed by atoms with Gasteiger partial charge in [-0.2, -0.15) is 0 Å². The fourth-order valence-corrected chi connectivity index (χ4v) is 2.57. The quantitative estimate of drug-likeness (QED) is 0.797. The summed E-state index contributed by atoms with van der Waals surface area (Å²) in [5.41, 5.74) is 1.58. The van der Waals surface area contributed by atoms with Crippen LogP contribution in [0.25, 0.3) is 0 Å². The van der Waals surface area contributed by atoms with Crippen molar-refractivity contribution in [3.8, 4) is 0 Å². The normalized spacial score (nSPS) is 19.5. The van der Waals surface area contributed by atoms with Crippen molar-refractivity contribution in [2.75, 3.05) is 13.1 Å². The molecule has 1 aromatic rings. The Hall–Kier alpha value is -1.84. The Bertz CT molecular complexity index is 545. The van der Waals surface area contributed by atoms with Crippen molar-refractivity contribution in [1.29, 1.82) is 0 Å². The van der Waals surface area contributed by atoms with Gasteiger partial charge in [-0.25, -0.2) is 4.79 Å². The van der Waals surface area contributed by atoms with Crippen LogP contribution < -0.4 is 0 Å². The monoisotopic (exact) mass is 289 g/mol. The Morgan fingerprint density at radius 2 is 1.95 bits per heavy atom. The summed E-state index contributed by atoms with van der Waals surface area (Å²) in [6, 6.07) is 7.85. The fraction of sp³-hybridized carbons (Fsp3) is 0.529. The van der Waals surface area contributed by atoms with E-state index in [2.05, 4.69) is 0 Å². The van der Waals surface area contributed by atoms with Crippen molar-refractivity contribution in [3.63, 3.8) is 0 Å². The lowest BCUT2D eigenvalue weighted by atomic mass is 9.87. The molecule has 0 N–H and O–H groups in total. The van der Waals surface area contributed by atoms with Crippen LogP contribution in [0, 0.1) is 6.92 Å². The summed E-state index contributed by atoms with van der Waals surface area (Å²) in [4.78, 5) is 26.0. The minimum Gasteiger partial charge on any atom is -0.444 e. The van der Waals surface area contributed by atoms with Crippen LogP contribution in [0.5, 0.6) is 0 Å². The van der Waals surface area contributed by atoms with Gasteiger partial charge in [0, 0.05) is 19.5 Å². The van der Waals surface area contributed by atoms with Gasteiger partial charge >= 0.3 is 6.09 Å². The maximum atomic E-state index is 12.2. The fourth-order valence-electron chi connectivity index (χ4n) is 2.57. The van der Waals surface area contributed by atoms with Crippen LogP contribution in [-0.4, -0.2) is 35.5 Å². The number of carbonyl (C=O) groups is 2. The van der Waals surface area contributed by atoms with Gasteiger partial charge in [-0.15, -0.1) is 0 Å². The summed E-state index contributed by atoms with van der Waals surface area (Å²) in [6.45, 7) is 8.38. The second kappa shape index (κ2) is 5.88. The average Bonchev–Trinajstić information content (AvgIpc) is 2.38. The molecule has 1 heterocycles. The lowest BCUT2D eigenvalue weighted by Crippen LogP contribution is -2.45. The smallest absolute Gasteiger partial charge is 0.410 e. The van der Waals surface area contributed by atoms with E-state index in [1.54, 1.807) is 4.90 Å². The van der Waals surface area contributed by atoms with Gasteiger partial charge in [0.15, 0.2) is 0 Å². The predicted octanol–water partition coefficient (Wildman–Crippen LogP) is 3.29. The van der Waals surface area contributed by atoms with E-state index in [0.717, 1.165) is 11.1 Å². The number of aryl methyl sites for hydroxylation is 1. The van der Waals surface area contributed by atoms with Gasteiger partial charge in [-0.1, -0.05) is 24.3 Å². The molecule has 1 atom stereocenters. The minimum atomic E-state index is -0.517. The van der Waals surface area contributed by atoms with Crippen molar-refractivity contribution in [1.82, 2.24) is 4.90 Å². The highest BCUT2D eigenvalue weighted by Crippen LogP contribution is 2.27. The average molecular weight is 289 g/mol. The van der Waals surface area contributed by atoms with E-state index in [0.29, 0.717) is 19.5 Å². The summed E-state index contributed by atoms with van der Waals surface area (Å²) in [5, 5.41) is 0. The molecule has 1 unspecified atom stereocenters. The zero-order chi connectivity index (χ0) is 15.6. The molecule has 4 heteroatoms. The Labute approximate surface area is 126 Å². The van der Waals surface area contributed by atoms with Crippen LogP contribution in [0.3, 0.4) is 0 Å². The van der Waals surface area contributed by atoms with Crippen LogP contribution >= 0.6 is 0 Å². The molecule has 1 fully saturated rings. The Balaban J connectivity index is 2.15. The number of hydrogen-bond acceptors (Lipinski definition) is 3. The largest absolute Gasteiger partial charge is 0.444 e. The van der Waals surface area contributed by atoms with E-state index in [9.17, 15) is 9.59 Å². The first-order valence-corrected chi connectivity index (χ1v) is 7.34. The van der Waals surface area contributed by atoms with E-state index < -0.39 is 5.60 Å². The van der Waals surface area contributed by atoms with Gasteiger partial charge in [0.25, 0.3) is 0 Å². The number of hydrogen-bond donors (Lipinski definition) is 0. The third-order valence-corrected chi connectivity index (χ3v) is 3.64. The minimum absolute atomic E-state index is 0.198. The Kier molecular flexibility index (Phi) is 4.35. The van der Waals surface area contributed by atoms with E-state index in [1.165, 1.54) is 0 Å². The van der Waals surface area contributed by atoms with Crippen molar-refractivity contribution in [2.24, 2.45) is 0 Å². The molecule has 0 aromatic heterocycles. The van der Waals surface area contributed by atoms with Crippen LogP contribution in [0.2, 0.25) is 0 Å². The molecule has 1 amide bonds. The SMILES string of the molecule is Cc1ccccc1C1CN(C(=O)OC(C)(C)C)CCC1=O. The number of carbonyl (C=O) groups excluding carboxylic acids is 2. The zero-order valence-electron chi connectivity index (χ0n) is 13.2. The van der Waals surface area contributed by atoms with Crippen LogP contribution in [0.4, 0.5) is 4.79 Å². The number of rotatable bonds is 1. The Morgan fingerprint density at radius 1 is 1.29 bits per heavy atom. The molecular formula is C17H23NO3. The highest BCUT2D eigenvalue weighted by Gasteiger charge is 2.33. The van der Waals surface area contributed by atoms with Crippen molar-refractivity contribution >= 4 is 11.9 Å². The van der Waals surface area contributed by atoms with Gasteiger partial charge in [-0.3, -0.25) is 4.79 Å². The summed E-state index contributed by atoms with van der Waals surface area (Å²) >= 11 is 0. The maximum absolute atomic E-state index is 12.2. The first-order chi connectivity index (χ1) is 9.78. The van der Waals surface area contributed by atoms with Gasteiger partial charge in [0.2, 0.25) is 0 Å². The second-order valence-corrected chi connectivity index (χ2v) is 6.55. The van der Waals surface area contributed by atoms with Crippen molar-refractivity contribution in [3.05, 3.63) is 35.4 Å². The number of amides is 1. The molecule has 4 nitrogen and oxygen atoms in total. The number of ketones is 1. The molecule has 0 spiro atoms. The number of ether oxygens (including phenoxy) is 1. The third kappa shape index (κ3) is 3.84. The zero-order valence-corrected chi connectivity index (χ0v) is 13.2.